The zero-order chi connectivity index (χ0) is 22.2. The molecule has 166 valence electrons. The lowest BCUT2D eigenvalue weighted by atomic mass is 9.90. The number of aromatic nitrogens is 1. The predicted octanol–water partition coefficient (Wildman–Crippen LogP) is 4.64. The number of carbonyl (C=O) groups is 1. The Morgan fingerprint density at radius 3 is 2.58 bits per heavy atom. The van der Waals surface area contributed by atoms with Gasteiger partial charge in [-0.25, -0.2) is 0 Å². The number of H-pyrrole nitrogens is 1. The molecule has 0 fully saturated rings. The van der Waals surface area contributed by atoms with Crippen molar-refractivity contribution in [3.05, 3.63) is 59.8 Å². The molecule has 0 aliphatic heterocycles. The minimum Gasteiger partial charge on any atom is -0.493 e. The third-order valence-electron chi connectivity index (χ3n) is 5.40. The number of para-hydroxylation sites is 1. The Balaban J connectivity index is 1.96. The van der Waals surface area contributed by atoms with Gasteiger partial charge in [-0.1, -0.05) is 31.2 Å². The second-order valence-corrected chi connectivity index (χ2v) is 7.28. The van der Waals surface area contributed by atoms with E-state index in [1.54, 1.807) is 7.11 Å². The Kier molecular flexibility index (Phi) is 7.95. The molecule has 3 rings (SSSR count). The highest BCUT2D eigenvalue weighted by molar-refractivity contribution is 5.85. The van der Waals surface area contributed by atoms with Crippen LogP contribution in [0.25, 0.3) is 10.9 Å². The molecule has 3 aromatic rings. The number of fused-ring (bicyclic) bond motifs is 1. The van der Waals surface area contributed by atoms with Crippen molar-refractivity contribution in [2.45, 2.75) is 39.2 Å². The molecule has 6 heteroatoms. The number of hydrogen-bond acceptors (Lipinski definition) is 4. The zero-order valence-electron chi connectivity index (χ0n) is 18.7. The molecule has 31 heavy (non-hydrogen) atoms. The predicted molar refractivity (Wildman–Crippen MR) is 123 cm³/mol. The summed E-state index contributed by atoms with van der Waals surface area (Å²) in [6.07, 6.45) is 2.21. The number of aromatic amines is 1. The van der Waals surface area contributed by atoms with Crippen molar-refractivity contribution in [3.63, 3.8) is 0 Å². The smallest absolute Gasteiger partial charge is 0.249 e. The molecule has 1 amide bonds. The summed E-state index contributed by atoms with van der Waals surface area (Å²) in [5, 5.41) is 4.23. The van der Waals surface area contributed by atoms with Crippen molar-refractivity contribution in [3.8, 4) is 11.5 Å². The molecule has 0 spiro atoms. The van der Waals surface area contributed by atoms with Crippen LogP contribution in [0.5, 0.6) is 11.5 Å². The third kappa shape index (κ3) is 5.20. The molecule has 2 unspecified atom stereocenters. The summed E-state index contributed by atoms with van der Waals surface area (Å²) >= 11 is 0. The van der Waals surface area contributed by atoms with Gasteiger partial charge in [0.15, 0.2) is 11.5 Å². The number of amides is 1. The van der Waals surface area contributed by atoms with Crippen LogP contribution in [0.3, 0.4) is 0 Å². The van der Waals surface area contributed by atoms with Gasteiger partial charge < -0.3 is 24.5 Å². The Bertz CT molecular complexity index is 998. The first-order valence-corrected chi connectivity index (χ1v) is 10.9. The fourth-order valence-electron chi connectivity index (χ4n) is 3.86. The molecule has 0 aliphatic carbocycles. The maximum atomic E-state index is 12.7. The normalized spacial score (nSPS) is 13.0. The molecule has 0 saturated carbocycles. The van der Waals surface area contributed by atoms with Crippen LogP contribution in [0.2, 0.25) is 0 Å². The van der Waals surface area contributed by atoms with Gasteiger partial charge in [0.05, 0.1) is 13.7 Å². The highest BCUT2D eigenvalue weighted by Crippen LogP contribution is 2.35. The van der Waals surface area contributed by atoms with E-state index in [0.717, 1.165) is 22.0 Å². The summed E-state index contributed by atoms with van der Waals surface area (Å²) in [7, 11) is 1.64. The van der Waals surface area contributed by atoms with Crippen LogP contribution in [0.15, 0.2) is 48.7 Å². The minimum absolute atomic E-state index is 0.0659. The highest BCUT2D eigenvalue weighted by Gasteiger charge is 2.23. The fourth-order valence-corrected chi connectivity index (χ4v) is 3.86. The van der Waals surface area contributed by atoms with E-state index in [1.807, 2.05) is 57.3 Å². The van der Waals surface area contributed by atoms with Crippen LogP contribution in [-0.2, 0) is 9.53 Å². The molecule has 2 N–H and O–H groups in total. The summed E-state index contributed by atoms with van der Waals surface area (Å²) in [6.45, 7) is 7.31. The Hall–Kier alpha value is -2.99. The van der Waals surface area contributed by atoms with E-state index in [9.17, 15) is 4.79 Å². The van der Waals surface area contributed by atoms with Gasteiger partial charge in [0.2, 0.25) is 5.91 Å². The van der Waals surface area contributed by atoms with Crippen LogP contribution >= 0.6 is 0 Å². The molecular formula is C25H32N2O4. The van der Waals surface area contributed by atoms with Gasteiger partial charge in [-0.05, 0) is 49.6 Å². The van der Waals surface area contributed by atoms with Gasteiger partial charge >= 0.3 is 0 Å². The molecular weight excluding hydrogens is 392 g/mol. The number of ether oxygens (including phenoxy) is 3. The van der Waals surface area contributed by atoms with Gasteiger partial charge in [-0.2, -0.15) is 0 Å². The van der Waals surface area contributed by atoms with Gasteiger partial charge in [0, 0.05) is 36.2 Å². The van der Waals surface area contributed by atoms with E-state index in [4.69, 9.17) is 14.2 Å². The molecule has 0 saturated heterocycles. The van der Waals surface area contributed by atoms with Crippen molar-refractivity contribution < 1.29 is 19.0 Å². The number of benzene rings is 2. The number of methoxy groups -OCH3 is 1. The molecule has 0 bridgehead atoms. The number of nitrogens with one attached hydrogen (secondary N) is 2. The maximum Gasteiger partial charge on any atom is 0.249 e. The van der Waals surface area contributed by atoms with Crippen molar-refractivity contribution in [2.75, 3.05) is 26.9 Å². The molecule has 1 aromatic heterocycles. The van der Waals surface area contributed by atoms with Gasteiger partial charge in [-0.15, -0.1) is 0 Å². The maximum absolute atomic E-state index is 12.7. The van der Waals surface area contributed by atoms with E-state index >= 15 is 0 Å². The number of hydrogen-bond donors (Lipinski definition) is 2. The summed E-state index contributed by atoms with van der Waals surface area (Å²) in [4.78, 5) is 16.1. The average molecular weight is 425 g/mol. The largest absolute Gasteiger partial charge is 0.493 e. The van der Waals surface area contributed by atoms with E-state index in [2.05, 4.69) is 22.4 Å². The van der Waals surface area contributed by atoms with Crippen LogP contribution in [0.4, 0.5) is 0 Å². The summed E-state index contributed by atoms with van der Waals surface area (Å²) in [6, 6.07) is 14.1. The zero-order valence-corrected chi connectivity index (χ0v) is 18.7. The topological polar surface area (TPSA) is 72.6 Å². The summed E-state index contributed by atoms with van der Waals surface area (Å²) in [5.41, 5.74) is 3.22. The summed E-state index contributed by atoms with van der Waals surface area (Å²) in [5.74, 6) is 1.23. The number of rotatable bonds is 11. The van der Waals surface area contributed by atoms with Crippen LogP contribution in [0.1, 0.15) is 44.2 Å². The second kappa shape index (κ2) is 10.9. The standard InChI is InChI=1S/C25H32N2O4/c1-5-22(30-6-2)25(28)27-15-19(20-16-26-21-11-9-8-10-18(20)21)17-12-13-23(31-7-3)24(14-17)29-4/h8-14,16,19,22,26H,5-7,15H2,1-4H3,(H,27,28). The van der Waals surface area contributed by atoms with E-state index < -0.39 is 6.10 Å². The van der Waals surface area contributed by atoms with Crippen molar-refractivity contribution in [2.24, 2.45) is 0 Å². The highest BCUT2D eigenvalue weighted by atomic mass is 16.5. The SMILES string of the molecule is CCOc1ccc(C(CNC(=O)C(CC)OCC)c2c[nH]c3ccccc23)cc1OC. The lowest BCUT2D eigenvalue weighted by Crippen LogP contribution is -2.38. The van der Waals surface area contributed by atoms with Gasteiger partial charge in [0.25, 0.3) is 0 Å². The van der Waals surface area contributed by atoms with Gasteiger partial charge in [-0.3, -0.25) is 4.79 Å². The molecule has 6 nitrogen and oxygen atoms in total. The Morgan fingerprint density at radius 2 is 1.87 bits per heavy atom. The second-order valence-electron chi connectivity index (χ2n) is 7.28. The van der Waals surface area contributed by atoms with Gasteiger partial charge in [0.1, 0.15) is 6.10 Å². The lowest BCUT2D eigenvalue weighted by Gasteiger charge is -2.22. The first-order chi connectivity index (χ1) is 15.1. The molecule has 0 aliphatic rings. The van der Waals surface area contributed by atoms with Crippen molar-refractivity contribution >= 4 is 16.8 Å². The Morgan fingerprint density at radius 1 is 1.06 bits per heavy atom. The van der Waals surface area contributed by atoms with E-state index in [-0.39, 0.29) is 11.8 Å². The molecule has 0 radical (unpaired) electrons. The van der Waals surface area contributed by atoms with Crippen LogP contribution < -0.4 is 14.8 Å². The molecule has 2 aromatic carbocycles. The van der Waals surface area contributed by atoms with Crippen LogP contribution in [-0.4, -0.2) is 43.9 Å². The van der Waals surface area contributed by atoms with Crippen LogP contribution in [0, 0.1) is 0 Å². The summed E-state index contributed by atoms with van der Waals surface area (Å²) < 4.78 is 16.8. The monoisotopic (exact) mass is 424 g/mol. The average Bonchev–Trinajstić information content (AvgIpc) is 3.22. The fraction of sp³-hybridized carbons (Fsp3) is 0.400. The molecule has 1 heterocycles. The first kappa shape index (κ1) is 22.7. The first-order valence-electron chi connectivity index (χ1n) is 10.9. The van der Waals surface area contributed by atoms with E-state index in [1.165, 1.54) is 0 Å². The lowest BCUT2D eigenvalue weighted by molar-refractivity contribution is -0.132. The Labute approximate surface area is 183 Å². The minimum atomic E-state index is -0.441. The van der Waals surface area contributed by atoms with Crippen molar-refractivity contribution in [1.29, 1.82) is 0 Å². The quantitative estimate of drug-likeness (QED) is 0.470. The number of carbonyl (C=O) groups excluding carboxylic acids is 1. The molecule has 2 atom stereocenters. The van der Waals surface area contributed by atoms with Crippen molar-refractivity contribution in [1.82, 2.24) is 10.3 Å². The van der Waals surface area contributed by atoms with E-state index in [0.29, 0.717) is 37.7 Å². The third-order valence-corrected chi connectivity index (χ3v) is 5.40.